The molecule has 0 aliphatic heterocycles. The zero-order valence-corrected chi connectivity index (χ0v) is 10.8. The lowest BCUT2D eigenvalue weighted by molar-refractivity contribution is -0.137. The van der Waals surface area contributed by atoms with Gasteiger partial charge < -0.3 is 10.4 Å². The Bertz CT molecular complexity index is 426. The molecule has 0 aliphatic rings. The number of nitrogens with one attached hydrogen (secondary N) is 1. The molecular formula is C12H19N3O3. The van der Waals surface area contributed by atoms with E-state index in [-0.39, 0.29) is 12.3 Å². The van der Waals surface area contributed by atoms with Crippen LogP contribution in [0.3, 0.4) is 0 Å². The van der Waals surface area contributed by atoms with Gasteiger partial charge in [0, 0.05) is 20.0 Å². The number of unbranched alkanes of at least 4 members (excludes halogenated alkanes) is 1. The largest absolute Gasteiger partial charge is 0.481 e. The predicted octanol–water partition coefficient (Wildman–Crippen LogP) is 0.967. The summed E-state index contributed by atoms with van der Waals surface area (Å²) in [7, 11) is 1.73. The monoisotopic (exact) mass is 253 g/mol. The normalized spacial score (nSPS) is 10.3. The third kappa shape index (κ3) is 4.20. The number of carboxylic acids is 1. The SMILES string of the molecule is CCc1cc(C(=O)NCCCCC(=O)O)n(C)n1. The van der Waals surface area contributed by atoms with Crippen molar-refractivity contribution in [3.05, 3.63) is 17.5 Å². The Morgan fingerprint density at radius 3 is 2.72 bits per heavy atom. The minimum Gasteiger partial charge on any atom is -0.481 e. The van der Waals surface area contributed by atoms with E-state index in [4.69, 9.17) is 5.11 Å². The fraction of sp³-hybridized carbons (Fsp3) is 0.583. The van der Waals surface area contributed by atoms with Crippen LogP contribution in [-0.4, -0.2) is 33.3 Å². The van der Waals surface area contributed by atoms with Gasteiger partial charge in [-0.15, -0.1) is 0 Å². The number of carboxylic acid groups (broad SMARTS) is 1. The van der Waals surface area contributed by atoms with E-state index in [1.54, 1.807) is 17.8 Å². The molecule has 1 rings (SSSR count). The molecule has 0 radical (unpaired) electrons. The minimum atomic E-state index is -0.805. The van der Waals surface area contributed by atoms with Crippen molar-refractivity contribution in [1.82, 2.24) is 15.1 Å². The zero-order valence-electron chi connectivity index (χ0n) is 10.8. The molecular weight excluding hydrogens is 234 g/mol. The number of aliphatic carboxylic acids is 1. The molecule has 0 atom stereocenters. The molecule has 1 aromatic heterocycles. The van der Waals surface area contributed by atoms with E-state index in [0.717, 1.165) is 12.1 Å². The number of rotatable bonds is 7. The summed E-state index contributed by atoms with van der Waals surface area (Å²) in [6.45, 7) is 2.47. The number of hydrogen-bond donors (Lipinski definition) is 2. The molecule has 0 fully saturated rings. The number of hydrogen-bond acceptors (Lipinski definition) is 3. The van der Waals surface area contributed by atoms with Crippen molar-refractivity contribution in [2.24, 2.45) is 7.05 Å². The fourth-order valence-electron chi connectivity index (χ4n) is 1.61. The van der Waals surface area contributed by atoms with E-state index in [1.165, 1.54) is 0 Å². The summed E-state index contributed by atoms with van der Waals surface area (Å²) >= 11 is 0. The van der Waals surface area contributed by atoms with Crippen LogP contribution in [0.2, 0.25) is 0 Å². The molecule has 2 N–H and O–H groups in total. The third-order valence-corrected chi connectivity index (χ3v) is 2.63. The van der Waals surface area contributed by atoms with Gasteiger partial charge in [0.15, 0.2) is 0 Å². The van der Waals surface area contributed by atoms with Crippen LogP contribution in [0.1, 0.15) is 42.4 Å². The predicted molar refractivity (Wildman–Crippen MR) is 66.4 cm³/mol. The summed E-state index contributed by atoms with van der Waals surface area (Å²) in [4.78, 5) is 22.1. The number of nitrogens with zero attached hydrogens (tertiary/aromatic N) is 2. The fourth-order valence-corrected chi connectivity index (χ4v) is 1.61. The van der Waals surface area contributed by atoms with Gasteiger partial charge in [0.05, 0.1) is 5.69 Å². The van der Waals surface area contributed by atoms with E-state index < -0.39 is 5.97 Å². The van der Waals surface area contributed by atoms with Gasteiger partial charge in [0.2, 0.25) is 0 Å². The second-order valence-electron chi connectivity index (χ2n) is 4.10. The summed E-state index contributed by atoms with van der Waals surface area (Å²) in [6.07, 6.45) is 2.17. The molecule has 1 aromatic rings. The van der Waals surface area contributed by atoms with E-state index in [9.17, 15) is 9.59 Å². The standard InChI is InChI=1S/C12H19N3O3/c1-3-9-8-10(15(2)14-9)12(18)13-7-5-4-6-11(16)17/h8H,3-7H2,1-2H3,(H,13,18)(H,16,17). The first kappa shape index (κ1) is 14.2. The second-order valence-corrected chi connectivity index (χ2v) is 4.10. The molecule has 6 heteroatoms. The maximum Gasteiger partial charge on any atom is 0.303 e. The Balaban J connectivity index is 2.36. The van der Waals surface area contributed by atoms with Crippen LogP contribution < -0.4 is 5.32 Å². The van der Waals surface area contributed by atoms with Crippen molar-refractivity contribution in [3.8, 4) is 0 Å². The van der Waals surface area contributed by atoms with Crippen molar-refractivity contribution in [2.75, 3.05) is 6.54 Å². The van der Waals surface area contributed by atoms with Gasteiger partial charge in [-0.05, 0) is 25.3 Å². The quantitative estimate of drug-likeness (QED) is 0.709. The van der Waals surface area contributed by atoms with Gasteiger partial charge in [0.1, 0.15) is 5.69 Å². The third-order valence-electron chi connectivity index (χ3n) is 2.63. The number of carbonyl (C=O) groups excluding carboxylic acids is 1. The molecule has 100 valence electrons. The first-order chi connectivity index (χ1) is 8.54. The first-order valence-electron chi connectivity index (χ1n) is 6.07. The zero-order chi connectivity index (χ0) is 13.5. The summed E-state index contributed by atoms with van der Waals surface area (Å²) in [5, 5.41) is 15.4. The maximum atomic E-state index is 11.8. The van der Waals surface area contributed by atoms with Crippen molar-refractivity contribution in [1.29, 1.82) is 0 Å². The van der Waals surface area contributed by atoms with Gasteiger partial charge in [0.25, 0.3) is 5.91 Å². The molecule has 6 nitrogen and oxygen atoms in total. The van der Waals surface area contributed by atoms with E-state index in [2.05, 4.69) is 10.4 Å². The van der Waals surface area contributed by atoms with Crippen molar-refractivity contribution in [2.45, 2.75) is 32.6 Å². The minimum absolute atomic E-state index is 0.140. The summed E-state index contributed by atoms with van der Waals surface area (Å²) in [5.74, 6) is -0.972. The molecule has 0 spiro atoms. The van der Waals surface area contributed by atoms with Crippen LogP contribution in [0, 0.1) is 0 Å². The van der Waals surface area contributed by atoms with Gasteiger partial charge >= 0.3 is 5.97 Å². The van der Waals surface area contributed by atoms with Gasteiger partial charge in [-0.1, -0.05) is 6.92 Å². The highest BCUT2D eigenvalue weighted by Crippen LogP contribution is 2.03. The highest BCUT2D eigenvalue weighted by Gasteiger charge is 2.11. The summed E-state index contributed by atoms with van der Waals surface area (Å²) in [5.41, 5.74) is 1.42. The van der Waals surface area contributed by atoms with Crippen molar-refractivity contribution < 1.29 is 14.7 Å². The van der Waals surface area contributed by atoms with Crippen LogP contribution in [0.25, 0.3) is 0 Å². The molecule has 0 saturated carbocycles. The Morgan fingerprint density at radius 2 is 2.17 bits per heavy atom. The Labute approximate surface area is 106 Å². The lowest BCUT2D eigenvalue weighted by atomic mass is 10.2. The van der Waals surface area contributed by atoms with Crippen LogP contribution >= 0.6 is 0 Å². The molecule has 0 saturated heterocycles. The molecule has 0 bridgehead atoms. The highest BCUT2D eigenvalue weighted by molar-refractivity contribution is 5.92. The molecule has 1 amide bonds. The van der Waals surface area contributed by atoms with E-state index in [1.807, 2.05) is 6.92 Å². The van der Waals surface area contributed by atoms with Crippen LogP contribution in [-0.2, 0) is 18.3 Å². The first-order valence-corrected chi connectivity index (χ1v) is 6.07. The second kappa shape index (κ2) is 6.78. The molecule has 0 aliphatic carbocycles. The molecule has 0 unspecified atom stereocenters. The number of carbonyl (C=O) groups is 2. The van der Waals surface area contributed by atoms with Gasteiger partial charge in [-0.3, -0.25) is 14.3 Å². The average molecular weight is 253 g/mol. The Morgan fingerprint density at radius 1 is 1.44 bits per heavy atom. The summed E-state index contributed by atoms with van der Waals surface area (Å²) < 4.78 is 1.56. The summed E-state index contributed by atoms with van der Waals surface area (Å²) in [6, 6.07) is 1.77. The van der Waals surface area contributed by atoms with Crippen molar-refractivity contribution in [3.63, 3.8) is 0 Å². The topological polar surface area (TPSA) is 84.2 Å². The van der Waals surface area contributed by atoms with Crippen LogP contribution in [0.15, 0.2) is 6.07 Å². The Kier molecular flexibility index (Phi) is 5.35. The smallest absolute Gasteiger partial charge is 0.303 e. The van der Waals surface area contributed by atoms with Gasteiger partial charge in [-0.2, -0.15) is 5.10 Å². The van der Waals surface area contributed by atoms with Crippen LogP contribution in [0.5, 0.6) is 0 Å². The molecule has 18 heavy (non-hydrogen) atoms. The maximum absolute atomic E-state index is 11.8. The van der Waals surface area contributed by atoms with Crippen molar-refractivity contribution >= 4 is 11.9 Å². The van der Waals surface area contributed by atoms with Gasteiger partial charge in [-0.25, -0.2) is 0 Å². The lowest BCUT2D eigenvalue weighted by Crippen LogP contribution is -2.26. The van der Waals surface area contributed by atoms with E-state index in [0.29, 0.717) is 25.1 Å². The highest BCUT2D eigenvalue weighted by atomic mass is 16.4. The Hall–Kier alpha value is -1.85. The molecule has 0 aromatic carbocycles. The number of aryl methyl sites for hydroxylation is 2. The number of aromatic nitrogens is 2. The number of amides is 1. The average Bonchev–Trinajstić information content (AvgIpc) is 2.69. The lowest BCUT2D eigenvalue weighted by Gasteiger charge is -2.04. The van der Waals surface area contributed by atoms with Crippen LogP contribution in [0.4, 0.5) is 0 Å². The molecule has 1 heterocycles. The van der Waals surface area contributed by atoms with E-state index >= 15 is 0 Å².